The van der Waals surface area contributed by atoms with Crippen molar-refractivity contribution in [3.8, 4) is 0 Å². The van der Waals surface area contributed by atoms with E-state index >= 15 is 0 Å². The lowest BCUT2D eigenvalue weighted by molar-refractivity contribution is -0.161. The van der Waals surface area contributed by atoms with Gasteiger partial charge in [-0.1, -0.05) is 192 Å². The Kier molecular flexibility index (Phi) is 43.6. The summed E-state index contributed by atoms with van der Waals surface area (Å²) in [5.41, 5.74) is 0. The number of hydrogen-bond donors (Lipinski definition) is 2. The predicted molar refractivity (Wildman–Crippen MR) is 252 cm³/mol. The van der Waals surface area contributed by atoms with E-state index in [1.165, 1.54) is 89.9 Å². The summed E-state index contributed by atoms with van der Waals surface area (Å²) in [5.74, 6) is -1.49. The molecule has 3 atom stereocenters. The minimum atomic E-state index is -4.74. The molecule has 62 heavy (non-hydrogen) atoms. The number of phosphoric ester groups is 1. The molecule has 0 aliphatic carbocycles. The van der Waals surface area contributed by atoms with Crippen molar-refractivity contribution in [3.63, 3.8) is 0 Å². The van der Waals surface area contributed by atoms with Gasteiger partial charge in [-0.3, -0.25) is 23.4 Å². The second-order valence-electron chi connectivity index (χ2n) is 16.6. The van der Waals surface area contributed by atoms with E-state index < -0.39 is 57.8 Å². The minimum Gasteiger partial charge on any atom is -0.462 e. The molecule has 0 radical (unpaired) electrons. The average molecular weight is 899 g/mol. The summed E-state index contributed by atoms with van der Waals surface area (Å²) in [7, 11) is -4.74. The van der Waals surface area contributed by atoms with Crippen molar-refractivity contribution in [3.05, 3.63) is 36.5 Å². The molecule has 0 rings (SSSR count). The number of rotatable bonds is 46. The molecule has 0 bridgehead atoms. The molecule has 0 aromatic heterocycles. The monoisotopic (exact) mass is 899 g/mol. The van der Waals surface area contributed by atoms with Crippen LogP contribution in [-0.2, 0) is 42.2 Å². The molecule has 0 amide bonds. The third-order valence-corrected chi connectivity index (χ3v) is 11.5. The molecular weight excluding hydrogens is 808 g/mol. The van der Waals surface area contributed by atoms with Crippen LogP contribution >= 0.6 is 7.82 Å². The Hall–Kier alpha value is -2.30. The van der Waals surface area contributed by atoms with E-state index in [0.29, 0.717) is 19.3 Å². The topological polar surface area (TPSA) is 155 Å². The van der Waals surface area contributed by atoms with Crippen molar-refractivity contribution in [2.45, 2.75) is 238 Å². The number of unbranched alkanes of at least 4 members (excludes halogenated alkanes) is 23. The van der Waals surface area contributed by atoms with E-state index in [1.54, 1.807) is 0 Å². The molecule has 0 saturated carbocycles. The molecule has 0 aromatic carbocycles. The number of ether oxygens (including phenoxy) is 3. The van der Waals surface area contributed by atoms with Gasteiger partial charge in [0.05, 0.1) is 19.8 Å². The maximum atomic E-state index is 12.8. The number of carbonyl (C=O) groups is 3. The summed E-state index contributed by atoms with van der Waals surface area (Å²) >= 11 is 0. The Balaban J connectivity index is 4.72. The number of hydrogen-bond acceptors (Lipinski definition) is 10. The number of allylic oxidation sites excluding steroid dienone is 6. The van der Waals surface area contributed by atoms with Crippen LogP contribution in [0.15, 0.2) is 36.5 Å². The molecule has 0 spiro atoms. The highest BCUT2D eigenvalue weighted by Gasteiger charge is 2.28. The lowest BCUT2D eigenvalue weighted by Crippen LogP contribution is -2.30. The van der Waals surface area contributed by atoms with Crippen molar-refractivity contribution in [1.29, 1.82) is 0 Å². The zero-order valence-corrected chi connectivity index (χ0v) is 40.5. The van der Waals surface area contributed by atoms with Gasteiger partial charge in [0.1, 0.15) is 12.7 Å². The Morgan fingerprint density at radius 2 is 0.839 bits per heavy atom. The SMILES string of the molecule is CC/C=C\C/C=C\C/C=C\CCCCCC(=O)OC(COC(=O)CCCCCCCCCCC)COP(=O)(O)OCC(CO)OC(=O)CCCCCCCCCCCCCCC. The minimum absolute atomic E-state index is 0.136. The lowest BCUT2D eigenvalue weighted by Gasteiger charge is -2.21. The van der Waals surface area contributed by atoms with Gasteiger partial charge in [0.2, 0.25) is 0 Å². The summed E-state index contributed by atoms with van der Waals surface area (Å²) in [6.07, 6.45) is 42.7. The van der Waals surface area contributed by atoms with Gasteiger partial charge in [0, 0.05) is 19.3 Å². The zero-order chi connectivity index (χ0) is 45.6. The van der Waals surface area contributed by atoms with E-state index in [0.717, 1.165) is 77.0 Å². The zero-order valence-electron chi connectivity index (χ0n) is 39.6. The van der Waals surface area contributed by atoms with Gasteiger partial charge in [-0.15, -0.1) is 0 Å². The van der Waals surface area contributed by atoms with Gasteiger partial charge in [-0.25, -0.2) is 4.57 Å². The largest absolute Gasteiger partial charge is 0.472 e. The molecule has 362 valence electrons. The van der Waals surface area contributed by atoms with E-state index in [9.17, 15) is 28.9 Å². The van der Waals surface area contributed by atoms with E-state index in [2.05, 4.69) is 57.2 Å². The highest BCUT2D eigenvalue weighted by molar-refractivity contribution is 7.47. The van der Waals surface area contributed by atoms with Gasteiger partial charge in [0.15, 0.2) is 6.10 Å². The lowest BCUT2D eigenvalue weighted by atomic mass is 10.0. The molecule has 0 aliphatic rings. The van der Waals surface area contributed by atoms with Crippen LogP contribution in [-0.4, -0.2) is 66.5 Å². The maximum Gasteiger partial charge on any atom is 0.472 e. The third-order valence-electron chi connectivity index (χ3n) is 10.6. The quantitative estimate of drug-likeness (QED) is 0.0197. The summed E-state index contributed by atoms with van der Waals surface area (Å²) in [5, 5.41) is 9.75. The Labute approximate surface area is 378 Å². The maximum absolute atomic E-state index is 12.8. The summed E-state index contributed by atoms with van der Waals surface area (Å²) in [4.78, 5) is 48.1. The Morgan fingerprint density at radius 3 is 1.29 bits per heavy atom. The Morgan fingerprint density at radius 1 is 0.468 bits per heavy atom. The van der Waals surface area contributed by atoms with Gasteiger partial charge in [-0.2, -0.15) is 0 Å². The molecule has 0 saturated heterocycles. The molecular formula is C50H91O11P. The van der Waals surface area contributed by atoms with Crippen LogP contribution in [0.2, 0.25) is 0 Å². The molecule has 0 heterocycles. The smallest absolute Gasteiger partial charge is 0.462 e. The predicted octanol–water partition coefficient (Wildman–Crippen LogP) is 13.7. The van der Waals surface area contributed by atoms with Gasteiger partial charge in [-0.05, 0) is 51.4 Å². The second-order valence-corrected chi connectivity index (χ2v) is 18.1. The number of phosphoric acid groups is 1. The van der Waals surface area contributed by atoms with Gasteiger partial charge < -0.3 is 24.2 Å². The summed E-state index contributed by atoms with van der Waals surface area (Å²) < 4.78 is 39.2. The Bertz CT molecular complexity index is 1190. The molecule has 0 aliphatic heterocycles. The van der Waals surface area contributed by atoms with Crippen molar-refractivity contribution < 1.29 is 52.2 Å². The molecule has 11 nitrogen and oxygen atoms in total. The molecule has 0 aromatic rings. The van der Waals surface area contributed by atoms with Crippen LogP contribution in [0.4, 0.5) is 0 Å². The highest BCUT2D eigenvalue weighted by Crippen LogP contribution is 2.43. The standard InChI is InChI=1S/C50H91O11P/c1-4-7-10-13-16-19-21-23-25-28-31-34-37-40-49(53)60-46(42-51)44-58-62(55,56)59-45-47(43-57-48(52)39-36-33-30-27-18-15-12-9-6-3)61-50(54)41-38-35-32-29-26-24-22-20-17-14-11-8-5-2/h8,11,17,20,24,26,46-47,51H,4-7,9-10,12-16,18-19,21-23,25,27-45H2,1-3H3,(H,55,56)/b11-8-,20-17-,26-24-. The van der Waals surface area contributed by atoms with Gasteiger partial charge in [0.25, 0.3) is 0 Å². The normalized spacial score (nSPS) is 13.8. The van der Waals surface area contributed by atoms with Crippen molar-refractivity contribution >= 4 is 25.7 Å². The fourth-order valence-corrected chi connectivity index (χ4v) is 7.57. The van der Waals surface area contributed by atoms with Gasteiger partial charge >= 0.3 is 25.7 Å². The van der Waals surface area contributed by atoms with Crippen LogP contribution < -0.4 is 0 Å². The molecule has 2 N–H and O–H groups in total. The van der Waals surface area contributed by atoms with E-state index in [4.69, 9.17) is 23.3 Å². The number of esters is 3. The van der Waals surface area contributed by atoms with Crippen molar-refractivity contribution in [2.75, 3.05) is 26.4 Å². The number of aliphatic hydroxyl groups excluding tert-OH is 1. The summed E-state index contributed by atoms with van der Waals surface area (Å²) in [6.45, 7) is 4.47. The first-order valence-electron chi connectivity index (χ1n) is 24.9. The number of aliphatic hydroxyl groups is 1. The molecule has 12 heteroatoms. The van der Waals surface area contributed by atoms with Crippen LogP contribution in [0.5, 0.6) is 0 Å². The van der Waals surface area contributed by atoms with Crippen molar-refractivity contribution in [2.24, 2.45) is 0 Å². The van der Waals surface area contributed by atoms with E-state index in [1.807, 2.05) is 0 Å². The van der Waals surface area contributed by atoms with E-state index in [-0.39, 0.29) is 25.9 Å². The number of carbonyl (C=O) groups excluding carboxylic acids is 3. The average Bonchev–Trinajstić information content (AvgIpc) is 3.25. The fraction of sp³-hybridized carbons (Fsp3) is 0.820. The highest BCUT2D eigenvalue weighted by atomic mass is 31.2. The second kappa shape index (κ2) is 45.3. The molecule has 3 unspecified atom stereocenters. The first-order chi connectivity index (χ1) is 30.2. The first-order valence-corrected chi connectivity index (χ1v) is 26.4. The fourth-order valence-electron chi connectivity index (χ4n) is 6.78. The summed E-state index contributed by atoms with van der Waals surface area (Å²) in [6, 6.07) is 0. The van der Waals surface area contributed by atoms with Crippen molar-refractivity contribution in [1.82, 2.24) is 0 Å². The van der Waals surface area contributed by atoms with Crippen LogP contribution in [0.1, 0.15) is 226 Å². The van der Waals surface area contributed by atoms with Crippen LogP contribution in [0.25, 0.3) is 0 Å². The van der Waals surface area contributed by atoms with Crippen LogP contribution in [0.3, 0.4) is 0 Å². The first kappa shape index (κ1) is 59.7. The van der Waals surface area contributed by atoms with Crippen LogP contribution in [0, 0.1) is 0 Å². The molecule has 0 fully saturated rings. The third kappa shape index (κ3) is 43.0.